The average molecular weight is 303 g/mol. The minimum atomic E-state index is -2.96. The molecule has 5 nitrogen and oxygen atoms in total. The maximum absolute atomic E-state index is 12.4. The smallest absolute Gasteiger partial charge is 0.303 e. The summed E-state index contributed by atoms with van der Waals surface area (Å²) < 4.78 is 24.3. The largest absolute Gasteiger partial charge is 0.481 e. The van der Waals surface area contributed by atoms with Crippen molar-refractivity contribution in [3.63, 3.8) is 0 Å². The molecule has 2 fully saturated rings. The highest BCUT2D eigenvalue weighted by Crippen LogP contribution is 2.38. The average Bonchev–Trinajstić information content (AvgIpc) is 2.40. The predicted octanol–water partition coefficient (Wildman–Crippen LogP) is 1.67. The van der Waals surface area contributed by atoms with Crippen LogP contribution in [0, 0.1) is 0 Å². The van der Waals surface area contributed by atoms with Crippen LogP contribution in [0.25, 0.3) is 0 Å². The Labute approximate surface area is 121 Å². The Hall–Kier alpha value is -0.620. The Morgan fingerprint density at radius 1 is 1.15 bits per heavy atom. The maximum atomic E-state index is 12.4. The summed E-state index contributed by atoms with van der Waals surface area (Å²) in [5.74, 6) is -0.485. The van der Waals surface area contributed by atoms with Gasteiger partial charge in [-0.25, -0.2) is 8.42 Å². The number of nitrogens with zero attached hydrogens (tertiary/aromatic N) is 1. The number of hydrogen-bond donors (Lipinski definition) is 1. The number of aliphatic carboxylic acids is 1. The lowest BCUT2D eigenvalue weighted by Crippen LogP contribution is -2.57. The zero-order valence-corrected chi connectivity index (χ0v) is 12.8. The van der Waals surface area contributed by atoms with Gasteiger partial charge >= 0.3 is 5.97 Å². The summed E-state index contributed by atoms with van der Waals surface area (Å²) in [6.07, 6.45) is 6.52. The maximum Gasteiger partial charge on any atom is 0.303 e. The lowest BCUT2D eigenvalue weighted by Gasteiger charge is -2.44. The van der Waals surface area contributed by atoms with Crippen LogP contribution in [0.3, 0.4) is 0 Å². The van der Waals surface area contributed by atoms with Gasteiger partial charge in [0, 0.05) is 19.5 Å². The van der Waals surface area contributed by atoms with E-state index in [9.17, 15) is 13.2 Å². The fraction of sp³-hybridized carbons (Fsp3) is 0.929. The second-order valence-corrected chi connectivity index (χ2v) is 8.69. The molecule has 1 aliphatic heterocycles. The van der Waals surface area contributed by atoms with E-state index in [0.29, 0.717) is 19.5 Å². The van der Waals surface area contributed by atoms with Crippen molar-refractivity contribution in [3.05, 3.63) is 0 Å². The predicted molar refractivity (Wildman–Crippen MR) is 77.5 cm³/mol. The summed E-state index contributed by atoms with van der Waals surface area (Å²) in [7, 11) is -2.96. The van der Waals surface area contributed by atoms with Crippen molar-refractivity contribution in [1.82, 2.24) is 4.90 Å². The lowest BCUT2D eigenvalue weighted by atomic mass is 9.87. The molecule has 0 radical (unpaired) electrons. The van der Waals surface area contributed by atoms with Gasteiger partial charge in [0.1, 0.15) is 0 Å². The molecule has 0 aromatic heterocycles. The molecule has 0 atom stereocenters. The van der Waals surface area contributed by atoms with Crippen LogP contribution in [0.2, 0.25) is 0 Å². The molecule has 116 valence electrons. The summed E-state index contributed by atoms with van der Waals surface area (Å²) in [4.78, 5) is 12.7. The standard InChI is InChI=1S/C14H25NO4S/c16-13(17)6-2-5-9-15-10-11-20(18,19)14(12-15)7-3-1-4-8-14/h1-12H2,(H,16,17). The summed E-state index contributed by atoms with van der Waals surface area (Å²) >= 11 is 0. The molecular formula is C14H25NO4S. The van der Waals surface area contributed by atoms with Crippen molar-refractivity contribution >= 4 is 15.8 Å². The minimum Gasteiger partial charge on any atom is -0.481 e. The van der Waals surface area contributed by atoms with E-state index in [1.165, 1.54) is 0 Å². The van der Waals surface area contributed by atoms with Gasteiger partial charge in [0.15, 0.2) is 9.84 Å². The van der Waals surface area contributed by atoms with E-state index >= 15 is 0 Å². The first-order chi connectivity index (χ1) is 9.45. The SMILES string of the molecule is O=C(O)CCCCN1CCS(=O)(=O)C2(CCCCC2)C1. The summed E-state index contributed by atoms with van der Waals surface area (Å²) in [5, 5.41) is 8.62. The van der Waals surface area contributed by atoms with Gasteiger partial charge in [0.05, 0.1) is 10.5 Å². The monoisotopic (exact) mass is 303 g/mol. The molecule has 0 amide bonds. The third-order valence-corrected chi connectivity index (χ3v) is 7.30. The summed E-state index contributed by atoms with van der Waals surface area (Å²) in [6, 6.07) is 0. The molecule has 1 saturated heterocycles. The third kappa shape index (κ3) is 3.52. The highest BCUT2D eigenvalue weighted by molar-refractivity contribution is 7.92. The molecule has 2 rings (SSSR count). The molecule has 1 N–H and O–H groups in total. The van der Waals surface area contributed by atoms with E-state index in [4.69, 9.17) is 5.11 Å². The Morgan fingerprint density at radius 3 is 2.50 bits per heavy atom. The van der Waals surface area contributed by atoms with Crippen molar-refractivity contribution in [2.75, 3.05) is 25.4 Å². The van der Waals surface area contributed by atoms with E-state index in [-0.39, 0.29) is 12.2 Å². The van der Waals surface area contributed by atoms with Gasteiger partial charge in [-0.05, 0) is 32.2 Å². The molecule has 1 aliphatic carbocycles. The molecule has 1 heterocycles. The quantitative estimate of drug-likeness (QED) is 0.782. The first-order valence-electron chi connectivity index (χ1n) is 7.62. The molecule has 0 bridgehead atoms. The Morgan fingerprint density at radius 2 is 1.85 bits per heavy atom. The number of unbranched alkanes of at least 4 members (excludes halogenated alkanes) is 1. The molecular weight excluding hydrogens is 278 g/mol. The molecule has 1 spiro atoms. The van der Waals surface area contributed by atoms with Crippen molar-refractivity contribution in [2.24, 2.45) is 0 Å². The van der Waals surface area contributed by atoms with Crippen LogP contribution >= 0.6 is 0 Å². The molecule has 0 aromatic carbocycles. The number of carbonyl (C=O) groups is 1. The van der Waals surface area contributed by atoms with Crippen molar-refractivity contribution in [3.8, 4) is 0 Å². The van der Waals surface area contributed by atoms with E-state index in [2.05, 4.69) is 4.90 Å². The fourth-order valence-electron chi connectivity index (χ4n) is 3.52. The molecule has 1 saturated carbocycles. The van der Waals surface area contributed by atoms with E-state index in [1.54, 1.807) is 0 Å². The van der Waals surface area contributed by atoms with E-state index in [0.717, 1.165) is 45.1 Å². The highest BCUT2D eigenvalue weighted by Gasteiger charge is 2.47. The summed E-state index contributed by atoms with van der Waals surface area (Å²) in [5.41, 5.74) is 0. The number of hydrogen-bond acceptors (Lipinski definition) is 4. The van der Waals surface area contributed by atoms with Gasteiger partial charge in [-0.2, -0.15) is 0 Å². The molecule has 0 unspecified atom stereocenters. The van der Waals surface area contributed by atoms with Gasteiger partial charge in [0.25, 0.3) is 0 Å². The van der Waals surface area contributed by atoms with Crippen LogP contribution < -0.4 is 0 Å². The van der Waals surface area contributed by atoms with Crippen LogP contribution in [-0.2, 0) is 14.6 Å². The zero-order valence-electron chi connectivity index (χ0n) is 12.0. The minimum absolute atomic E-state index is 0.206. The van der Waals surface area contributed by atoms with Crippen LogP contribution in [0.1, 0.15) is 51.4 Å². The van der Waals surface area contributed by atoms with Crippen LogP contribution in [-0.4, -0.2) is 54.5 Å². The summed E-state index contributed by atoms with van der Waals surface area (Å²) in [6.45, 7) is 2.09. The van der Waals surface area contributed by atoms with Crippen LogP contribution in [0.4, 0.5) is 0 Å². The highest BCUT2D eigenvalue weighted by atomic mass is 32.2. The topological polar surface area (TPSA) is 74.7 Å². The van der Waals surface area contributed by atoms with Gasteiger partial charge < -0.3 is 10.0 Å². The first-order valence-corrected chi connectivity index (χ1v) is 9.27. The molecule has 6 heteroatoms. The normalized spacial score (nSPS) is 25.6. The number of rotatable bonds is 5. The van der Waals surface area contributed by atoms with E-state index in [1.807, 2.05) is 0 Å². The van der Waals surface area contributed by atoms with Crippen LogP contribution in [0.15, 0.2) is 0 Å². The Bertz CT molecular complexity index is 440. The second-order valence-electron chi connectivity index (χ2n) is 6.19. The number of sulfone groups is 1. The third-order valence-electron chi connectivity index (χ3n) is 4.73. The number of carboxylic acid groups (broad SMARTS) is 1. The van der Waals surface area contributed by atoms with Gasteiger partial charge in [-0.3, -0.25) is 4.79 Å². The molecule has 0 aromatic rings. The Kier molecular flexibility index (Phi) is 5.07. The Balaban J connectivity index is 1.90. The van der Waals surface area contributed by atoms with Gasteiger partial charge in [-0.1, -0.05) is 19.3 Å². The first kappa shape index (κ1) is 15.8. The zero-order chi connectivity index (χ0) is 14.6. The molecule has 20 heavy (non-hydrogen) atoms. The lowest BCUT2D eigenvalue weighted by molar-refractivity contribution is -0.137. The van der Waals surface area contributed by atoms with Crippen LogP contribution in [0.5, 0.6) is 0 Å². The van der Waals surface area contributed by atoms with Crippen molar-refractivity contribution in [1.29, 1.82) is 0 Å². The fourth-order valence-corrected chi connectivity index (χ4v) is 5.74. The van der Waals surface area contributed by atoms with E-state index < -0.39 is 20.6 Å². The second kappa shape index (κ2) is 6.43. The van der Waals surface area contributed by atoms with Crippen molar-refractivity contribution in [2.45, 2.75) is 56.1 Å². The van der Waals surface area contributed by atoms with Gasteiger partial charge in [-0.15, -0.1) is 0 Å². The number of carboxylic acids is 1. The van der Waals surface area contributed by atoms with Gasteiger partial charge in [0.2, 0.25) is 0 Å². The van der Waals surface area contributed by atoms with Crippen molar-refractivity contribution < 1.29 is 18.3 Å². The molecule has 2 aliphatic rings.